The number of aliphatic hydroxyl groups excluding tert-OH is 2. The van der Waals surface area contributed by atoms with Gasteiger partial charge in [-0.3, -0.25) is 0 Å². The second kappa shape index (κ2) is 18.0. The van der Waals surface area contributed by atoms with Gasteiger partial charge in [0.05, 0.1) is 7.14 Å². The molecule has 0 aliphatic rings. The lowest BCUT2D eigenvalue weighted by Crippen LogP contribution is -2.01. The average Bonchev–Trinajstić information content (AvgIpc) is 2.58. The summed E-state index contributed by atoms with van der Waals surface area (Å²) < 4.78 is 13.2. The number of rotatable bonds is 19. The Labute approximate surface area is 151 Å². The Morgan fingerprint density at radius 1 is 0.542 bits per heavy atom. The molecule has 0 saturated heterocycles. The van der Waals surface area contributed by atoms with Gasteiger partial charge in [0.1, 0.15) is 0 Å². The summed E-state index contributed by atoms with van der Waals surface area (Å²) in [7, 11) is -1.94. The van der Waals surface area contributed by atoms with Gasteiger partial charge < -0.3 is 14.8 Å². The van der Waals surface area contributed by atoms with Crippen LogP contribution in [0, 0.1) is 0 Å². The predicted molar refractivity (Wildman–Crippen MR) is 107 cm³/mol. The summed E-state index contributed by atoms with van der Waals surface area (Å²) in [5.41, 5.74) is 0. The van der Waals surface area contributed by atoms with Crippen LogP contribution < -0.4 is 0 Å². The number of hydrogen-bond donors (Lipinski definition) is 2. The van der Waals surface area contributed by atoms with Crippen LogP contribution in [0.5, 0.6) is 0 Å². The summed E-state index contributed by atoms with van der Waals surface area (Å²) in [6.45, 7) is 2.81. The summed E-state index contributed by atoms with van der Waals surface area (Å²) in [6.07, 6.45) is 18.7. The van der Waals surface area contributed by atoms with Crippen LogP contribution in [-0.2, 0) is 4.57 Å². The third-order valence-electron chi connectivity index (χ3n) is 4.87. The van der Waals surface area contributed by atoms with Crippen LogP contribution >= 0.6 is 7.14 Å². The van der Waals surface area contributed by atoms with Crippen molar-refractivity contribution in [1.82, 2.24) is 0 Å². The molecular formula is C20H43O3P. The fraction of sp³-hybridized carbons (Fsp3) is 1.00. The van der Waals surface area contributed by atoms with Crippen molar-refractivity contribution in [2.75, 3.05) is 31.7 Å². The maximum absolute atomic E-state index is 13.2. The monoisotopic (exact) mass is 362 g/mol. The van der Waals surface area contributed by atoms with Crippen LogP contribution in [-0.4, -0.2) is 41.9 Å². The molecule has 0 spiro atoms. The van der Waals surface area contributed by atoms with E-state index in [2.05, 4.69) is 6.92 Å². The van der Waals surface area contributed by atoms with Gasteiger partial charge in [-0.15, -0.1) is 0 Å². The van der Waals surface area contributed by atoms with Gasteiger partial charge in [-0.2, -0.15) is 0 Å². The van der Waals surface area contributed by atoms with E-state index in [9.17, 15) is 4.57 Å². The van der Waals surface area contributed by atoms with Crippen molar-refractivity contribution in [3.63, 3.8) is 0 Å². The van der Waals surface area contributed by atoms with E-state index in [4.69, 9.17) is 10.2 Å². The quantitative estimate of drug-likeness (QED) is 0.225. The molecule has 0 fully saturated rings. The average molecular weight is 363 g/mol. The van der Waals surface area contributed by atoms with Crippen molar-refractivity contribution in [2.24, 2.45) is 0 Å². The van der Waals surface area contributed by atoms with Crippen LogP contribution in [0.3, 0.4) is 0 Å². The highest BCUT2D eigenvalue weighted by Gasteiger charge is 2.20. The SMILES string of the molecule is CCCCP(=O)(CCCCCCCCO)CCCCCCCCO. The minimum absolute atomic E-state index is 0.312. The second-order valence-corrected chi connectivity index (χ2v) is 10.7. The summed E-state index contributed by atoms with van der Waals surface area (Å²) in [5.74, 6) is 0. The van der Waals surface area contributed by atoms with E-state index in [1.807, 2.05) is 0 Å². The highest BCUT2D eigenvalue weighted by atomic mass is 31.2. The molecular weight excluding hydrogens is 319 g/mol. The molecule has 0 aromatic heterocycles. The zero-order valence-corrected chi connectivity index (χ0v) is 17.1. The summed E-state index contributed by atoms with van der Waals surface area (Å²) in [6, 6.07) is 0. The molecule has 0 aromatic carbocycles. The van der Waals surface area contributed by atoms with Gasteiger partial charge in [0.2, 0.25) is 0 Å². The Morgan fingerprint density at radius 3 is 1.25 bits per heavy atom. The van der Waals surface area contributed by atoms with Crippen LogP contribution in [0.4, 0.5) is 0 Å². The molecule has 0 aromatic rings. The molecule has 4 heteroatoms. The first-order chi connectivity index (χ1) is 11.7. The first-order valence-corrected chi connectivity index (χ1v) is 12.7. The highest BCUT2D eigenvalue weighted by Crippen LogP contribution is 2.48. The van der Waals surface area contributed by atoms with Gasteiger partial charge in [-0.1, -0.05) is 64.7 Å². The zero-order chi connectivity index (χ0) is 17.9. The standard InChI is InChI=1S/C20H43O3P/c1-2-3-18-24(23,19-14-10-6-4-8-12-16-21)20-15-11-7-5-9-13-17-22/h21-22H,2-20H2,1H3. The minimum Gasteiger partial charge on any atom is -0.396 e. The molecule has 0 aliphatic heterocycles. The molecule has 0 unspecified atom stereocenters. The zero-order valence-electron chi connectivity index (χ0n) is 16.2. The Balaban J connectivity index is 3.84. The summed E-state index contributed by atoms with van der Waals surface area (Å²) in [4.78, 5) is 0. The minimum atomic E-state index is -1.94. The van der Waals surface area contributed by atoms with E-state index >= 15 is 0 Å². The first kappa shape index (κ1) is 24.1. The highest BCUT2D eigenvalue weighted by molar-refractivity contribution is 7.63. The molecule has 0 rings (SSSR count). The number of unbranched alkanes of at least 4 members (excludes halogenated alkanes) is 11. The van der Waals surface area contributed by atoms with Gasteiger partial charge in [0.25, 0.3) is 0 Å². The maximum atomic E-state index is 13.2. The van der Waals surface area contributed by atoms with Crippen molar-refractivity contribution in [3.05, 3.63) is 0 Å². The third-order valence-corrected chi connectivity index (χ3v) is 8.26. The van der Waals surface area contributed by atoms with E-state index in [0.29, 0.717) is 13.2 Å². The van der Waals surface area contributed by atoms with Crippen LogP contribution in [0.2, 0.25) is 0 Å². The normalized spacial score (nSPS) is 12.0. The fourth-order valence-electron chi connectivity index (χ4n) is 3.22. The van der Waals surface area contributed by atoms with E-state index in [1.165, 1.54) is 38.5 Å². The Hall–Kier alpha value is 0.150. The maximum Gasteiger partial charge on any atom is 0.0877 e. The van der Waals surface area contributed by atoms with Gasteiger partial charge in [-0.25, -0.2) is 0 Å². The fourth-order valence-corrected chi connectivity index (χ4v) is 6.38. The predicted octanol–water partition coefficient (Wildman–Crippen LogP) is 5.82. The Morgan fingerprint density at radius 2 is 0.875 bits per heavy atom. The molecule has 0 amide bonds. The van der Waals surface area contributed by atoms with Crippen LogP contribution in [0.25, 0.3) is 0 Å². The lowest BCUT2D eigenvalue weighted by molar-refractivity contribution is 0.282. The molecule has 3 nitrogen and oxygen atoms in total. The van der Waals surface area contributed by atoms with E-state index < -0.39 is 7.14 Å². The Kier molecular flexibility index (Phi) is 18.1. The largest absolute Gasteiger partial charge is 0.396 e. The van der Waals surface area contributed by atoms with Gasteiger partial charge in [0.15, 0.2) is 0 Å². The molecule has 0 atom stereocenters. The van der Waals surface area contributed by atoms with Gasteiger partial charge in [0, 0.05) is 31.7 Å². The van der Waals surface area contributed by atoms with Crippen molar-refractivity contribution >= 4 is 7.14 Å². The second-order valence-electron chi connectivity index (χ2n) is 7.27. The molecule has 0 radical (unpaired) electrons. The molecule has 0 heterocycles. The lowest BCUT2D eigenvalue weighted by atomic mass is 10.1. The topological polar surface area (TPSA) is 57.5 Å². The van der Waals surface area contributed by atoms with Crippen LogP contribution in [0.15, 0.2) is 0 Å². The van der Waals surface area contributed by atoms with Crippen molar-refractivity contribution in [2.45, 2.75) is 96.8 Å². The van der Waals surface area contributed by atoms with E-state index in [-0.39, 0.29) is 0 Å². The van der Waals surface area contributed by atoms with Crippen molar-refractivity contribution in [3.8, 4) is 0 Å². The summed E-state index contributed by atoms with van der Waals surface area (Å²) in [5, 5.41) is 17.5. The smallest absolute Gasteiger partial charge is 0.0877 e. The third kappa shape index (κ3) is 15.7. The molecule has 146 valence electrons. The lowest BCUT2D eigenvalue weighted by Gasteiger charge is -2.18. The molecule has 24 heavy (non-hydrogen) atoms. The molecule has 0 saturated carbocycles. The van der Waals surface area contributed by atoms with Crippen molar-refractivity contribution < 1.29 is 14.8 Å². The number of hydrogen-bond acceptors (Lipinski definition) is 3. The van der Waals surface area contributed by atoms with Gasteiger partial charge in [-0.05, 0) is 32.1 Å². The Bertz CT molecular complexity index is 273. The van der Waals surface area contributed by atoms with E-state index in [0.717, 1.165) is 69.9 Å². The summed E-state index contributed by atoms with van der Waals surface area (Å²) >= 11 is 0. The molecule has 0 aliphatic carbocycles. The first-order valence-electron chi connectivity index (χ1n) is 10.5. The number of aliphatic hydroxyl groups is 2. The van der Waals surface area contributed by atoms with Crippen molar-refractivity contribution in [1.29, 1.82) is 0 Å². The van der Waals surface area contributed by atoms with Gasteiger partial charge >= 0.3 is 0 Å². The molecule has 0 bridgehead atoms. The molecule has 2 N–H and O–H groups in total. The van der Waals surface area contributed by atoms with Crippen LogP contribution in [0.1, 0.15) is 96.8 Å². The van der Waals surface area contributed by atoms with E-state index in [1.54, 1.807) is 0 Å².